The predicted molar refractivity (Wildman–Crippen MR) is 173 cm³/mol. The second kappa shape index (κ2) is 13.5. The molecule has 5 heterocycles. The van der Waals surface area contributed by atoms with Crippen LogP contribution >= 0.6 is 0 Å². The fraction of sp³-hybridized carbons (Fsp3) is 0.257. The number of rotatable bonds is 7. The van der Waals surface area contributed by atoms with Crippen LogP contribution in [0.4, 0.5) is 0 Å². The first-order valence-corrected chi connectivity index (χ1v) is 15.2. The van der Waals surface area contributed by atoms with Crippen molar-refractivity contribution >= 4 is 11.0 Å². The Balaban J connectivity index is 0.00000168. The summed E-state index contributed by atoms with van der Waals surface area (Å²) in [5.74, 6) is 2.00. The number of nitrogens with zero attached hydrogens (tertiary/aromatic N) is 7. The lowest BCUT2D eigenvalue weighted by Gasteiger charge is -2.31. The van der Waals surface area contributed by atoms with Gasteiger partial charge in [-0.3, -0.25) is 15.0 Å². The van der Waals surface area contributed by atoms with E-state index in [0.29, 0.717) is 23.4 Å². The average Bonchev–Trinajstić information content (AvgIpc) is 3.60. The number of methoxy groups -OCH3 is 1. The van der Waals surface area contributed by atoms with Gasteiger partial charge in [0, 0.05) is 41.4 Å². The highest BCUT2D eigenvalue weighted by Gasteiger charge is 2.24. The first kappa shape index (κ1) is 29.1. The van der Waals surface area contributed by atoms with Crippen molar-refractivity contribution in [1.82, 2.24) is 40.0 Å². The zero-order chi connectivity index (χ0) is 30.3. The van der Waals surface area contributed by atoms with Crippen LogP contribution in [-0.4, -0.2) is 60.2 Å². The van der Waals surface area contributed by atoms with E-state index >= 15 is 0 Å². The topological polar surface area (TPSA) is 106 Å². The van der Waals surface area contributed by atoms with Gasteiger partial charge in [0.25, 0.3) is 0 Å². The molecule has 1 N–H and O–H groups in total. The second-order valence-electron chi connectivity index (χ2n) is 10.5. The zero-order valence-corrected chi connectivity index (χ0v) is 25.3. The monoisotopic (exact) mass is 584 g/mol. The third-order valence-corrected chi connectivity index (χ3v) is 7.82. The quantitative estimate of drug-likeness (QED) is 0.215. The van der Waals surface area contributed by atoms with Crippen molar-refractivity contribution in [2.75, 3.05) is 20.2 Å². The molecule has 1 aliphatic heterocycles. The first-order valence-electron chi connectivity index (χ1n) is 15.2. The third-order valence-electron chi connectivity index (χ3n) is 7.82. The maximum Gasteiger partial charge on any atom is 0.318 e. The number of benzene rings is 2. The number of hydrogen-bond acceptors (Lipinski definition) is 8. The number of hydrogen-bond donors (Lipinski definition) is 1. The van der Waals surface area contributed by atoms with Crippen LogP contribution in [0, 0.1) is 0 Å². The standard InChI is InChI=1S/C33H30N8O.C2H6/c1-42-33-35-20-26-19-27(23-7-3-2-4-8-23)29(36-30(26)38-33)24-12-10-22(11-13-24)21-41-17-14-25(15-18-41)31-37-32(40-39-31)28-9-5-6-16-34-28;1-2/h2-13,16,19-20,25H,14-15,17-18,21H2,1H3,(H,37,39,40);1-2H3. The van der Waals surface area contributed by atoms with Gasteiger partial charge in [0.15, 0.2) is 11.5 Å². The molecule has 1 saturated heterocycles. The predicted octanol–water partition coefficient (Wildman–Crippen LogP) is 6.95. The minimum atomic E-state index is 0.310. The van der Waals surface area contributed by atoms with Crippen LogP contribution in [0.25, 0.3) is 44.9 Å². The van der Waals surface area contributed by atoms with E-state index < -0.39 is 0 Å². The number of aromatic nitrogens is 7. The average molecular weight is 585 g/mol. The van der Waals surface area contributed by atoms with E-state index in [1.54, 1.807) is 19.5 Å². The minimum absolute atomic E-state index is 0.310. The van der Waals surface area contributed by atoms with E-state index in [1.165, 1.54) is 5.56 Å². The van der Waals surface area contributed by atoms with Crippen molar-refractivity contribution in [3.8, 4) is 39.9 Å². The molecular weight excluding hydrogens is 548 g/mol. The van der Waals surface area contributed by atoms with Crippen molar-refractivity contribution in [2.24, 2.45) is 0 Å². The maximum atomic E-state index is 5.24. The van der Waals surface area contributed by atoms with Crippen molar-refractivity contribution in [3.05, 3.63) is 103 Å². The highest BCUT2D eigenvalue weighted by Crippen LogP contribution is 2.34. The Bertz CT molecular complexity index is 1800. The van der Waals surface area contributed by atoms with Crippen molar-refractivity contribution < 1.29 is 4.74 Å². The number of fused-ring (bicyclic) bond motifs is 1. The summed E-state index contributed by atoms with van der Waals surface area (Å²) in [6.07, 6.45) is 5.62. The third kappa shape index (κ3) is 6.33. The van der Waals surface area contributed by atoms with Crippen LogP contribution in [0.15, 0.2) is 91.3 Å². The molecule has 1 aliphatic rings. The fourth-order valence-corrected chi connectivity index (χ4v) is 5.56. The van der Waals surface area contributed by atoms with E-state index in [9.17, 15) is 0 Å². The van der Waals surface area contributed by atoms with Gasteiger partial charge in [0.1, 0.15) is 11.5 Å². The minimum Gasteiger partial charge on any atom is -0.467 e. The highest BCUT2D eigenvalue weighted by atomic mass is 16.5. The molecular formula is C35H36N8O. The first-order chi connectivity index (χ1) is 21.7. The SMILES string of the molecule is CC.COc1ncc2cc(-c3ccccc3)c(-c3ccc(CN4CCC(c5nc(-c6ccccn6)n[nH]5)CC4)cc3)nc2n1. The van der Waals surface area contributed by atoms with Crippen molar-refractivity contribution in [2.45, 2.75) is 39.2 Å². The van der Waals surface area contributed by atoms with Gasteiger partial charge in [0.2, 0.25) is 0 Å². The Labute approximate surface area is 257 Å². The molecule has 0 radical (unpaired) electrons. The molecule has 9 nitrogen and oxygen atoms in total. The number of ether oxygens (including phenoxy) is 1. The molecule has 44 heavy (non-hydrogen) atoms. The molecule has 4 aromatic heterocycles. The van der Waals surface area contributed by atoms with Gasteiger partial charge in [-0.1, -0.05) is 74.5 Å². The summed E-state index contributed by atoms with van der Waals surface area (Å²) >= 11 is 0. The van der Waals surface area contributed by atoms with Crippen LogP contribution in [0.1, 0.15) is 44.0 Å². The smallest absolute Gasteiger partial charge is 0.318 e. The van der Waals surface area contributed by atoms with Crippen LogP contribution in [-0.2, 0) is 6.54 Å². The fourth-order valence-electron chi connectivity index (χ4n) is 5.56. The Morgan fingerprint density at radius 1 is 0.841 bits per heavy atom. The van der Waals surface area contributed by atoms with Gasteiger partial charge in [-0.2, -0.15) is 10.1 Å². The van der Waals surface area contributed by atoms with Gasteiger partial charge in [-0.25, -0.2) is 15.0 Å². The summed E-state index contributed by atoms with van der Waals surface area (Å²) in [6, 6.07) is 27.3. The highest BCUT2D eigenvalue weighted by molar-refractivity contribution is 5.89. The molecule has 0 aliphatic carbocycles. The zero-order valence-electron chi connectivity index (χ0n) is 25.3. The molecule has 0 atom stereocenters. The number of H-pyrrole nitrogens is 1. The maximum absolute atomic E-state index is 5.24. The molecule has 222 valence electrons. The van der Waals surface area contributed by atoms with Crippen LogP contribution in [0.3, 0.4) is 0 Å². The van der Waals surface area contributed by atoms with Crippen molar-refractivity contribution in [3.63, 3.8) is 0 Å². The van der Waals surface area contributed by atoms with Gasteiger partial charge in [-0.15, -0.1) is 0 Å². The normalized spacial score (nSPS) is 13.8. The van der Waals surface area contributed by atoms with E-state index in [1.807, 2.05) is 50.2 Å². The summed E-state index contributed by atoms with van der Waals surface area (Å²) in [7, 11) is 1.56. The molecule has 0 unspecified atom stereocenters. The lowest BCUT2D eigenvalue weighted by Crippen LogP contribution is -2.32. The summed E-state index contributed by atoms with van der Waals surface area (Å²) in [5.41, 5.74) is 6.77. The molecule has 0 amide bonds. The van der Waals surface area contributed by atoms with Gasteiger partial charge in [0.05, 0.1) is 12.8 Å². The lowest BCUT2D eigenvalue weighted by atomic mass is 9.95. The Morgan fingerprint density at radius 3 is 2.34 bits per heavy atom. The lowest BCUT2D eigenvalue weighted by molar-refractivity contribution is 0.202. The Kier molecular flexibility index (Phi) is 8.93. The number of aromatic amines is 1. The summed E-state index contributed by atoms with van der Waals surface area (Å²) < 4.78 is 5.24. The number of nitrogens with one attached hydrogen (secondary N) is 1. The molecule has 6 aromatic rings. The largest absolute Gasteiger partial charge is 0.467 e. The Hall–Kier alpha value is -5.02. The Morgan fingerprint density at radius 2 is 1.61 bits per heavy atom. The molecule has 0 spiro atoms. The van der Waals surface area contributed by atoms with Gasteiger partial charge in [-0.05, 0) is 55.3 Å². The number of piperidine rings is 1. The van der Waals surface area contributed by atoms with E-state index in [-0.39, 0.29) is 0 Å². The van der Waals surface area contributed by atoms with Gasteiger partial charge >= 0.3 is 6.01 Å². The summed E-state index contributed by atoms with van der Waals surface area (Å²) in [6.45, 7) is 6.93. The van der Waals surface area contributed by atoms with E-state index in [2.05, 4.69) is 72.5 Å². The summed E-state index contributed by atoms with van der Waals surface area (Å²) in [5, 5.41) is 8.43. The molecule has 1 fully saturated rings. The number of likely N-dealkylation sites (tertiary alicyclic amines) is 1. The van der Waals surface area contributed by atoms with E-state index in [4.69, 9.17) is 14.7 Å². The molecule has 0 saturated carbocycles. The summed E-state index contributed by atoms with van der Waals surface area (Å²) in [4.78, 5) is 25.4. The van der Waals surface area contributed by atoms with Crippen LogP contribution in [0.5, 0.6) is 6.01 Å². The van der Waals surface area contributed by atoms with Crippen LogP contribution in [0.2, 0.25) is 0 Å². The van der Waals surface area contributed by atoms with Crippen molar-refractivity contribution in [1.29, 1.82) is 0 Å². The second-order valence-corrected chi connectivity index (χ2v) is 10.5. The molecule has 0 bridgehead atoms. The van der Waals surface area contributed by atoms with Gasteiger partial charge < -0.3 is 4.74 Å². The number of pyridine rings is 2. The molecule has 9 heteroatoms. The van der Waals surface area contributed by atoms with E-state index in [0.717, 1.165) is 71.8 Å². The molecule has 7 rings (SSSR count). The molecule has 2 aromatic carbocycles. The van der Waals surface area contributed by atoms with Crippen LogP contribution < -0.4 is 4.74 Å².